The Hall–Kier alpha value is -1.79. The van der Waals surface area contributed by atoms with E-state index in [-0.39, 0.29) is 18.0 Å². The second-order valence-electron chi connectivity index (χ2n) is 4.00. The van der Waals surface area contributed by atoms with Crippen LogP contribution in [0.5, 0.6) is 0 Å². The molecule has 0 aliphatic heterocycles. The van der Waals surface area contributed by atoms with Gasteiger partial charge in [-0.1, -0.05) is 11.8 Å². The Morgan fingerprint density at radius 2 is 2.24 bits per heavy atom. The Kier molecular flexibility index (Phi) is 5.41. The lowest BCUT2D eigenvalue weighted by Crippen LogP contribution is -2.26. The predicted molar refractivity (Wildman–Crippen MR) is 79.2 cm³/mol. The maximum Gasteiger partial charge on any atom is 0.242 e. The summed E-state index contributed by atoms with van der Waals surface area (Å²) in [5, 5.41) is 10.5. The van der Waals surface area contributed by atoms with Crippen LogP contribution >= 0.6 is 11.3 Å². The van der Waals surface area contributed by atoms with Gasteiger partial charge in [-0.05, 0) is 6.07 Å². The van der Waals surface area contributed by atoms with Crippen LogP contribution in [0.15, 0.2) is 34.2 Å². The number of rotatable bonds is 5. The van der Waals surface area contributed by atoms with Gasteiger partial charge in [0.1, 0.15) is 11.5 Å². The molecule has 110 valence electrons. The van der Waals surface area contributed by atoms with Crippen molar-refractivity contribution in [2.75, 3.05) is 13.2 Å². The fourth-order valence-electron chi connectivity index (χ4n) is 1.53. The molecule has 6 nitrogen and oxygen atoms in total. The molecule has 2 aromatic heterocycles. The van der Waals surface area contributed by atoms with E-state index in [0.717, 1.165) is 5.69 Å². The molecule has 0 fully saturated rings. The molecule has 2 rings (SSSR count). The third-order valence-electron chi connectivity index (χ3n) is 2.49. The number of thiazole rings is 1. The number of aromatic nitrogens is 2. The number of nitrogens with zero attached hydrogens (tertiary/aromatic N) is 2. The van der Waals surface area contributed by atoms with Gasteiger partial charge in [0.25, 0.3) is 0 Å². The molecule has 0 spiro atoms. The average molecular weight is 323 g/mol. The van der Waals surface area contributed by atoms with Crippen LogP contribution in [0.25, 0.3) is 0 Å². The zero-order valence-corrected chi connectivity index (χ0v) is 12.6. The van der Waals surface area contributed by atoms with Crippen molar-refractivity contribution < 1.29 is 13.5 Å². The second kappa shape index (κ2) is 7.28. The fourth-order valence-corrected chi connectivity index (χ4v) is 3.15. The van der Waals surface area contributed by atoms with E-state index in [0.29, 0.717) is 12.0 Å². The summed E-state index contributed by atoms with van der Waals surface area (Å²) in [6.07, 6.45) is 3.23. The topological polar surface area (TPSA) is 92.2 Å². The summed E-state index contributed by atoms with van der Waals surface area (Å²) in [6, 6.07) is 1.42. The first kappa shape index (κ1) is 15.6. The highest BCUT2D eigenvalue weighted by molar-refractivity contribution is 7.89. The van der Waals surface area contributed by atoms with Crippen molar-refractivity contribution in [2.45, 2.75) is 11.3 Å². The summed E-state index contributed by atoms with van der Waals surface area (Å²) in [4.78, 5) is 7.98. The molecule has 8 heteroatoms. The van der Waals surface area contributed by atoms with Gasteiger partial charge < -0.3 is 5.11 Å². The molecule has 2 N–H and O–H groups in total. The maximum atomic E-state index is 12.1. The summed E-state index contributed by atoms with van der Waals surface area (Å²) >= 11 is 1.47. The van der Waals surface area contributed by atoms with E-state index >= 15 is 0 Å². The number of pyridine rings is 1. The highest BCUT2D eigenvalue weighted by atomic mass is 32.2. The van der Waals surface area contributed by atoms with E-state index in [2.05, 4.69) is 26.5 Å². The van der Waals surface area contributed by atoms with E-state index < -0.39 is 10.0 Å². The van der Waals surface area contributed by atoms with Crippen LogP contribution in [0, 0.1) is 11.8 Å². The van der Waals surface area contributed by atoms with Crippen molar-refractivity contribution in [2.24, 2.45) is 0 Å². The smallest absolute Gasteiger partial charge is 0.242 e. The number of nitrogens with one attached hydrogen (secondary N) is 1. The van der Waals surface area contributed by atoms with E-state index in [1.807, 2.05) is 5.38 Å². The summed E-state index contributed by atoms with van der Waals surface area (Å²) in [6.45, 7) is -0.0263. The van der Waals surface area contributed by atoms with Gasteiger partial charge in [0.15, 0.2) is 0 Å². The lowest BCUT2D eigenvalue weighted by molar-refractivity contribution is 0.350. The lowest BCUT2D eigenvalue weighted by atomic mass is 10.3. The number of hydrogen-bond donors (Lipinski definition) is 2. The highest BCUT2D eigenvalue weighted by Gasteiger charge is 2.14. The van der Waals surface area contributed by atoms with Crippen LogP contribution in [-0.2, 0) is 16.4 Å². The lowest BCUT2D eigenvalue weighted by Gasteiger charge is -2.05. The minimum atomic E-state index is -3.63. The van der Waals surface area contributed by atoms with Gasteiger partial charge in [0.05, 0.1) is 11.2 Å². The van der Waals surface area contributed by atoms with Crippen LogP contribution in [0.4, 0.5) is 0 Å². The molecule has 0 aromatic carbocycles. The maximum absolute atomic E-state index is 12.1. The molecule has 0 atom stereocenters. The van der Waals surface area contributed by atoms with Crippen molar-refractivity contribution in [1.82, 2.24) is 14.7 Å². The number of aliphatic hydroxyl groups is 1. The molecular weight excluding hydrogens is 310 g/mol. The van der Waals surface area contributed by atoms with Crippen LogP contribution in [0.3, 0.4) is 0 Å². The standard InChI is InChI=1S/C13H13N3O3S2/c17-5-1-2-11-6-13(8-14-7-11)21(18,19)16-4-3-12-9-20-10-15-12/h6-10,16-17H,3-5H2. The van der Waals surface area contributed by atoms with Crippen LogP contribution in [0.2, 0.25) is 0 Å². The fraction of sp³-hybridized carbons (Fsp3) is 0.231. The van der Waals surface area contributed by atoms with Crippen molar-refractivity contribution in [3.63, 3.8) is 0 Å². The molecule has 0 saturated carbocycles. The number of sulfonamides is 1. The van der Waals surface area contributed by atoms with E-state index in [1.165, 1.54) is 29.8 Å². The molecule has 2 aromatic rings. The Morgan fingerprint density at radius 3 is 2.95 bits per heavy atom. The first-order chi connectivity index (χ1) is 10.1. The van der Waals surface area contributed by atoms with Gasteiger partial charge in [-0.15, -0.1) is 11.3 Å². The molecule has 0 radical (unpaired) electrons. The molecule has 0 amide bonds. The SMILES string of the molecule is O=S(=O)(NCCc1cscn1)c1cncc(C#CCO)c1. The zero-order valence-electron chi connectivity index (χ0n) is 11.0. The molecule has 0 bridgehead atoms. The molecule has 0 aliphatic rings. The van der Waals surface area contributed by atoms with Gasteiger partial charge in [-0.3, -0.25) is 4.98 Å². The predicted octanol–water partition coefficient (Wildman–Crippen LogP) is 0.403. The highest BCUT2D eigenvalue weighted by Crippen LogP contribution is 2.09. The van der Waals surface area contributed by atoms with Crippen LogP contribution in [-0.4, -0.2) is 36.6 Å². The molecule has 0 unspecified atom stereocenters. The minimum Gasteiger partial charge on any atom is -0.384 e. The van der Waals surface area contributed by atoms with Crippen molar-refractivity contribution in [1.29, 1.82) is 0 Å². The third kappa shape index (κ3) is 4.61. The van der Waals surface area contributed by atoms with Gasteiger partial charge in [0, 0.05) is 36.3 Å². The molecule has 0 aliphatic carbocycles. The summed E-state index contributed by atoms with van der Waals surface area (Å²) < 4.78 is 26.7. The molecular formula is C13H13N3O3S2. The van der Waals surface area contributed by atoms with Crippen LogP contribution < -0.4 is 4.72 Å². The Balaban J connectivity index is 2.04. The minimum absolute atomic E-state index is 0.0468. The van der Waals surface area contributed by atoms with Gasteiger partial charge >= 0.3 is 0 Å². The van der Waals surface area contributed by atoms with E-state index in [9.17, 15) is 8.42 Å². The van der Waals surface area contributed by atoms with Crippen molar-refractivity contribution in [3.8, 4) is 11.8 Å². The van der Waals surface area contributed by atoms with Gasteiger partial charge in [-0.25, -0.2) is 18.1 Å². The van der Waals surface area contributed by atoms with Gasteiger partial charge in [0.2, 0.25) is 10.0 Å². The average Bonchev–Trinajstić information content (AvgIpc) is 2.98. The van der Waals surface area contributed by atoms with E-state index in [4.69, 9.17) is 5.11 Å². The summed E-state index contributed by atoms with van der Waals surface area (Å²) in [5.41, 5.74) is 2.99. The first-order valence-electron chi connectivity index (χ1n) is 6.03. The second-order valence-corrected chi connectivity index (χ2v) is 6.48. The summed E-state index contributed by atoms with van der Waals surface area (Å²) in [5.74, 6) is 5.07. The Labute approximate surface area is 126 Å². The third-order valence-corrected chi connectivity index (χ3v) is 4.56. The number of hydrogen-bond acceptors (Lipinski definition) is 6. The molecule has 2 heterocycles. The number of aliphatic hydroxyl groups excluding tert-OH is 1. The zero-order chi connectivity index (χ0) is 15.1. The van der Waals surface area contributed by atoms with Crippen molar-refractivity contribution in [3.05, 3.63) is 40.6 Å². The monoisotopic (exact) mass is 323 g/mol. The Morgan fingerprint density at radius 1 is 1.38 bits per heavy atom. The van der Waals surface area contributed by atoms with Crippen molar-refractivity contribution >= 4 is 21.4 Å². The van der Waals surface area contributed by atoms with Gasteiger partial charge in [-0.2, -0.15) is 0 Å². The molecule has 0 saturated heterocycles. The normalized spacial score (nSPS) is 10.9. The quantitative estimate of drug-likeness (QED) is 0.777. The Bertz CT molecular complexity index is 746. The van der Waals surface area contributed by atoms with E-state index in [1.54, 1.807) is 5.51 Å². The first-order valence-corrected chi connectivity index (χ1v) is 8.46. The molecule has 21 heavy (non-hydrogen) atoms. The van der Waals surface area contributed by atoms with Crippen LogP contribution in [0.1, 0.15) is 11.3 Å². The largest absolute Gasteiger partial charge is 0.384 e. The summed E-state index contributed by atoms with van der Waals surface area (Å²) in [7, 11) is -3.63.